The minimum absolute atomic E-state index is 0.105. The summed E-state index contributed by atoms with van der Waals surface area (Å²) < 4.78 is 5.66. The fourth-order valence-electron chi connectivity index (χ4n) is 1.81. The van der Waals surface area contributed by atoms with Crippen molar-refractivity contribution in [1.29, 1.82) is 0 Å². The highest BCUT2D eigenvalue weighted by atomic mass is 16.5. The van der Waals surface area contributed by atoms with Gasteiger partial charge in [-0.2, -0.15) is 0 Å². The SMILES string of the molecule is CC(N)CC(=O)Nc1cccc(OCc2ccccn2)c1. The molecule has 1 aromatic carbocycles. The first kappa shape index (κ1) is 15.0. The van der Waals surface area contributed by atoms with Gasteiger partial charge in [-0.25, -0.2) is 0 Å². The van der Waals surface area contributed by atoms with Gasteiger partial charge in [0.05, 0.1) is 5.69 Å². The quantitative estimate of drug-likeness (QED) is 0.854. The summed E-state index contributed by atoms with van der Waals surface area (Å²) in [4.78, 5) is 15.9. The van der Waals surface area contributed by atoms with Crippen LogP contribution in [0.15, 0.2) is 48.7 Å². The lowest BCUT2D eigenvalue weighted by atomic mass is 10.2. The number of nitrogens with two attached hydrogens (primary N) is 1. The number of amides is 1. The summed E-state index contributed by atoms with van der Waals surface area (Å²) in [6.07, 6.45) is 2.02. The molecular weight excluding hydrogens is 266 g/mol. The molecule has 0 aliphatic carbocycles. The van der Waals surface area contributed by atoms with Crippen LogP contribution in [0.5, 0.6) is 5.75 Å². The van der Waals surface area contributed by atoms with Crippen molar-refractivity contribution in [2.45, 2.75) is 26.0 Å². The molecule has 0 aliphatic heterocycles. The molecule has 0 spiro atoms. The molecule has 2 aromatic rings. The molecule has 21 heavy (non-hydrogen) atoms. The molecule has 0 saturated heterocycles. The van der Waals surface area contributed by atoms with Crippen LogP contribution in [0.4, 0.5) is 5.69 Å². The molecule has 0 fully saturated rings. The highest BCUT2D eigenvalue weighted by molar-refractivity contribution is 5.91. The minimum atomic E-state index is -0.159. The largest absolute Gasteiger partial charge is 0.487 e. The van der Waals surface area contributed by atoms with Crippen molar-refractivity contribution in [2.24, 2.45) is 5.73 Å². The predicted molar refractivity (Wildman–Crippen MR) is 81.9 cm³/mol. The van der Waals surface area contributed by atoms with Gasteiger partial charge in [-0.1, -0.05) is 12.1 Å². The van der Waals surface area contributed by atoms with Crippen LogP contribution in [0.2, 0.25) is 0 Å². The van der Waals surface area contributed by atoms with Crippen LogP contribution in [0.1, 0.15) is 19.0 Å². The van der Waals surface area contributed by atoms with E-state index in [-0.39, 0.29) is 11.9 Å². The molecule has 3 N–H and O–H groups in total. The standard InChI is InChI=1S/C16H19N3O2/c1-12(17)9-16(20)19-13-6-4-7-15(10-13)21-11-14-5-2-3-8-18-14/h2-8,10,12H,9,11,17H2,1H3,(H,19,20). The Hall–Kier alpha value is -2.40. The number of carbonyl (C=O) groups excluding carboxylic acids is 1. The van der Waals surface area contributed by atoms with Crippen molar-refractivity contribution in [1.82, 2.24) is 4.98 Å². The van der Waals surface area contributed by atoms with Crippen molar-refractivity contribution >= 4 is 11.6 Å². The summed E-state index contributed by atoms with van der Waals surface area (Å²) in [5.41, 5.74) is 7.14. The fraction of sp³-hybridized carbons (Fsp3) is 0.250. The Labute approximate surface area is 124 Å². The van der Waals surface area contributed by atoms with Crippen LogP contribution >= 0.6 is 0 Å². The van der Waals surface area contributed by atoms with Gasteiger partial charge >= 0.3 is 0 Å². The third-order valence-corrected chi connectivity index (χ3v) is 2.74. The van der Waals surface area contributed by atoms with E-state index in [2.05, 4.69) is 10.3 Å². The summed E-state index contributed by atoms with van der Waals surface area (Å²) in [7, 11) is 0. The van der Waals surface area contributed by atoms with Crippen molar-refractivity contribution in [3.8, 4) is 5.75 Å². The molecule has 2 rings (SSSR count). The van der Waals surface area contributed by atoms with Gasteiger partial charge in [0, 0.05) is 30.4 Å². The van der Waals surface area contributed by atoms with Crippen molar-refractivity contribution in [3.63, 3.8) is 0 Å². The number of anilines is 1. The molecule has 1 atom stereocenters. The molecule has 0 bridgehead atoms. The molecule has 5 nitrogen and oxygen atoms in total. The van der Waals surface area contributed by atoms with Gasteiger partial charge in [-0.15, -0.1) is 0 Å². The first-order valence-electron chi connectivity index (χ1n) is 6.81. The average Bonchev–Trinajstić information content (AvgIpc) is 2.46. The zero-order valence-electron chi connectivity index (χ0n) is 12.0. The Morgan fingerprint density at radius 1 is 1.33 bits per heavy atom. The van der Waals surface area contributed by atoms with E-state index < -0.39 is 0 Å². The van der Waals surface area contributed by atoms with Crippen LogP contribution in [-0.2, 0) is 11.4 Å². The Morgan fingerprint density at radius 3 is 2.90 bits per heavy atom. The average molecular weight is 285 g/mol. The van der Waals surface area contributed by atoms with Gasteiger partial charge < -0.3 is 15.8 Å². The number of aromatic nitrogens is 1. The monoisotopic (exact) mass is 285 g/mol. The number of nitrogens with zero attached hydrogens (tertiary/aromatic N) is 1. The van der Waals surface area contributed by atoms with Gasteiger partial charge in [0.2, 0.25) is 5.91 Å². The molecular formula is C16H19N3O2. The maximum Gasteiger partial charge on any atom is 0.225 e. The first-order valence-corrected chi connectivity index (χ1v) is 6.81. The van der Waals surface area contributed by atoms with E-state index in [1.165, 1.54) is 0 Å². The first-order chi connectivity index (χ1) is 10.1. The normalized spacial score (nSPS) is 11.7. The van der Waals surface area contributed by atoms with Crippen LogP contribution in [0.25, 0.3) is 0 Å². The summed E-state index contributed by atoms with van der Waals surface area (Å²) in [6.45, 7) is 2.18. The molecule has 0 radical (unpaired) electrons. The van der Waals surface area contributed by atoms with Gasteiger partial charge in [-0.05, 0) is 31.2 Å². The lowest BCUT2D eigenvalue weighted by molar-refractivity contribution is -0.116. The van der Waals surface area contributed by atoms with Crippen LogP contribution < -0.4 is 15.8 Å². The molecule has 110 valence electrons. The van der Waals surface area contributed by atoms with Gasteiger partial charge in [0.15, 0.2) is 0 Å². The van der Waals surface area contributed by atoms with E-state index in [9.17, 15) is 4.79 Å². The number of hydrogen-bond acceptors (Lipinski definition) is 4. The third kappa shape index (κ3) is 5.24. The molecule has 5 heteroatoms. The van der Waals surface area contributed by atoms with Crippen molar-refractivity contribution in [3.05, 3.63) is 54.4 Å². The topological polar surface area (TPSA) is 77.2 Å². The van der Waals surface area contributed by atoms with Crippen molar-refractivity contribution in [2.75, 3.05) is 5.32 Å². The van der Waals surface area contributed by atoms with E-state index in [0.29, 0.717) is 24.5 Å². The molecule has 1 amide bonds. The number of benzene rings is 1. The van der Waals surface area contributed by atoms with E-state index >= 15 is 0 Å². The molecule has 0 saturated carbocycles. The zero-order valence-corrected chi connectivity index (χ0v) is 12.0. The second-order valence-electron chi connectivity index (χ2n) is 4.87. The van der Waals surface area contributed by atoms with E-state index in [1.807, 2.05) is 36.4 Å². The Morgan fingerprint density at radius 2 is 2.19 bits per heavy atom. The van der Waals surface area contributed by atoms with Gasteiger partial charge in [0.1, 0.15) is 12.4 Å². The zero-order chi connectivity index (χ0) is 15.1. The molecule has 1 unspecified atom stereocenters. The number of nitrogens with one attached hydrogen (secondary N) is 1. The maximum atomic E-state index is 11.7. The number of hydrogen-bond donors (Lipinski definition) is 2. The van der Waals surface area contributed by atoms with Crippen LogP contribution in [-0.4, -0.2) is 16.9 Å². The fourth-order valence-corrected chi connectivity index (χ4v) is 1.81. The molecule has 1 heterocycles. The van der Waals surface area contributed by atoms with E-state index in [1.54, 1.807) is 19.2 Å². The highest BCUT2D eigenvalue weighted by Gasteiger charge is 2.06. The van der Waals surface area contributed by atoms with E-state index in [0.717, 1.165) is 5.69 Å². The van der Waals surface area contributed by atoms with Gasteiger partial charge in [-0.3, -0.25) is 9.78 Å². The van der Waals surface area contributed by atoms with Crippen LogP contribution in [0, 0.1) is 0 Å². The number of carbonyl (C=O) groups is 1. The number of ether oxygens (including phenoxy) is 1. The Kier molecular flexibility index (Phi) is 5.29. The molecule has 1 aromatic heterocycles. The smallest absolute Gasteiger partial charge is 0.225 e. The second kappa shape index (κ2) is 7.40. The number of pyridine rings is 1. The van der Waals surface area contributed by atoms with Gasteiger partial charge in [0.25, 0.3) is 0 Å². The summed E-state index contributed by atoms with van der Waals surface area (Å²) in [5.74, 6) is 0.575. The highest BCUT2D eigenvalue weighted by Crippen LogP contribution is 2.18. The van der Waals surface area contributed by atoms with Crippen molar-refractivity contribution < 1.29 is 9.53 Å². The summed E-state index contributed by atoms with van der Waals surface area (Å²) >= 11 is 0. The van der Waals surface area contributed by atoms with Crippen LogP contribution in [0.3, 0.4) is 0 Å². The number of rotatable bonds is 6. The Balaban J connectivity index is 1.93. The minimum Gasteiger partial charge on any atom is -0.487 e. The summed E-state index contributed by atoms with van der Waals surface area (Å²) in [5, 5.41) is 2.80. The predicted octanol–water partition coefficient (Wildman–Crippen LogP) is 2.34. The lowest BCUT2D eigenvalue weighted by Crippen LogP contribution is -2.23. The second-order valence-corrected chi connectivity index (χ2v) is 4.87. The maximum absolute atomic E-state index is 11.7. The summed E-state index contributed by atoms with van der Waals surface area (Å²) in [6, 6.07) is 12.8. The molecule has 0 aliphatic rings. The third-order valence-electron chi connectivity index (χ3n) is 2.74. The van der Waals surface area contributed by atoms with E-state index in [4.69, 9.17) is 10.5 Å². The Bertz CT molecular complexity index is 585. The lowest BCUT2D eigenvalue weighted by Gasteiger charge is -2.10.